The van der Waals surface area contributed by atoms with Gasteiger partial charge in [0, 0.05) is 5.41 Å². The fourth-order valence-corrected chi connectivity index (χ4v) is 3.86. The summed E-state index contributed by atoms with van der Waals surface area (Å²) in [4.78, 5) is 0. The Balaban J connectivity index is 1.93. The Labute approximate surface area is 165 Å². The van der Waals surface area contributed by atoms with E-state index in [4.69, 9.17) is 0 Å². The molecule has 1 aliphatic rings. The fourth-order valence-electron chi connectivity index (χ4n) is 3.86. The summed E-state index contributed by atoms with van der Waals surface area (Å²) in [7, 11) is 0. The van der Waals surface area contributed by atoms with E-state index in [1.165, 1.54) is 44.2 Å². The van der Waals surface area contributed by atoms with E-state index in [2.05, 4.69) is 102 Å². The summed E-state index contributed by atoms with van der Waals surface area (Å²) in [5, 5.41) is 2.73. The minimum Gasteiger partial charge on any atom is -0.0804 e. The van der Waals surface area contributed by atoms with Crippen molar-refractivity contribution in [3.63, 3.8) is 0 Å². The van der Waals surface area contributed by atoms with E-state index >= 15 is 0 Å². The van der Waals surface area contributed by atoms with Gasteiger partial charge in [-0.1, -0.05) is 79.6 Å². The van der Waals surface area contributed by atoms with Crippen molar-refractivity contribution in [2.24, 2.45) is 5.41 Å². The van der Waals surface area contributed by atoms with Crippen molar-refractivity contribution in [2.75, 3.05) is 0 Å². The minimum absolute atomic E-state index is 0.131. The first-order valence-corrected chi connectivity index (χ1v) is 10.1. The third-order valence-corrected chi connectivity index (χ3v) is 6.22. The van der Waals surface area contributed by atoms with Crippen LogP contribution in [-0.4, -0.2) is 0 Å². The van der Waals surface area contributed by atoms with Crippen LogP contribution in [0.15, 0.2) is 71.9 Å². The molecule has 0 aromatic heterocycles. The number of fused-ring (bicyclic) bond motifs is 1. The first kappa shape index (κ1) is 19.4. The summed E-state index contributed by atoms with van der Waals surface area (Å²) in [6.07, 6.45) is 13.7. The van der Waals surface area contributed by atoms with Gasteiger partial charge in [-0.2, -0.15) is 0 Å². The van der Waals surface area contributed by atoms with Crippen molar-refractivity contribution in [1.82, 2.24) is 0 Å². The second-order valence-corrected chi connectivity index (χ2v) is 8.25. The van der Waals surface area contributed by atoms with Crippen LogP contribution in [0.4, 0.5) is 0 Å². The average molecular weight is 357 g/mol. The zero-order valence-corrected chi connectivity index (χ0v) is 17.7. The van der Waals surface area contributed by atoms with Gasteiger partial charge in [0.1, 0.15) is 0 Å². The predicted molar refractivity (Wildman–Crippen MR) is 121 cm³/mol. The lowest BCUT2D eigenvalue weighted by molar-refractivity contribution is 0.515. The van der Waals surface area contributed by atoms with E-state index in [9.17, 15) is 0 Å². The number of hydrogen-bond acceptors (Lipinski definition) is 0. The standard InChI is InChI=1S/C27H32/c1-7-25-21(4)9-11-23-12-13-24(18-26(23)25)20(3)8-10-22(5)27(6)16-14-19(2)15-17-27/h8-16,18H,7,17H2,1-6H3/b20-8+,22-10+. The van der Waals surface area contributed by atoms with Crippen LogP contribution in [0.25, 0.3) is 16.3 Å². The predicted octanol–water partition coefficient (Wildman–Crippen LogP) is 7.97. The minimum atomic E-state index is 0.131. The van der Waals surface area contributed by atoms with Crippen molar-refractivity contribution >= 4 is 16.3 Å². The normalized spacial score (nSPS) is 20.9. The van der Waals surface area contributed by atoms with Gasteiger partial charge in [-0.25, -0.2) is 0 Å². The lowest BCUT2D eigenvalue weighted by atomic mass is 9.76. The zero-order chi connectivity index (χ0) is 19.6. The van der Waals surface area contributed by atoms with Crippen LogP contribution < -0.4 is 0 Å². The van der Waals surface area contributed by atoms with Crippen LogP contribution in [0.1, 0.15) is 57.7 Å². The van der Waals surface area contributed by atoms with E-state index in [1.54, 1.807) is 0 Å². The number of allylic oxidation sites excluding steroid dienone is 8. The highest BCUT2D eigenvalue weighted by Crippen LogP contribution is 2.36. The molecule has 0 N–H and O–H groups in total. The van der Waals surface area contributed by atoms with Crippen LogP contribution in [-0.2, 0) is 6.42 Å². The Bertz CT molecular complexity index is 979. The molecule has 1 atom stereocenters. The Morgan fingerprint density at radius 2 is 1.81 bits per heavy atom. The highest BCUT2D eigenvalue weighted by atomic mass is 14.3. The Morgan fingerprint density at radius 3 is 2.48 bits per heavy atom. The van der Waals surface area contributed by atoms with Crippen LogP contribution in [0, 0.1) is 12.3 Å². The van der Waals surface area contributed by atoms with Crippen molar-refractivity contribution < 1.29 is 0 Å². The van der Waals surface area contributed by atoms with Gasteiger partial charge in [-0.3, -0.25) is 0 Å². The van der Waals surface area contributed by atoms with Crippen LogP contribution in [0.5, 0.6) is 0 Å². The number of hydrogen-bond donors (Lipinski definition) is 0. The summed E-state index contributed by atoms with van der Waals surface area (Å²) in [6, 6.07) is 11.4. The summed E-state index contributed by atoms with van der Waals surface area (Å²) in [6.45, 7) is 13.4. The maximum absolute atomic E-state index is 2.37. The van der Waals surface area contributed by atoms with Gasteiger partial charge in [0.2, 0.25) is 0 Å². The van der Waals surface area contributed by atoms with Gasteiger partial charge in [-0.05, 0) is 79.6 Å². The molecule has 0 spiro atoms. The zero-order valence-electron chi connectivity index (χ0n) is 17.7. The molecule has 2 aromatic carbocycles. The average Bonchev–Trinajstić information content (AvgIpc) is 2.67. The summed E-state index contributed by atoms with van der Waals surface area (Å²) >= 11 is 0. The summed E-state index contributed by atoms with van der Waals surface area (Å²) < 4.78 is 0. The Hall–Kier alpha value is -2.34. The molecule has 140 valence electrons. The van der Waals surface area contributed by atoms with Crippen LogP contribution in [0.3, 0.4) is 0 Å². The quantitative estimate of drug-likeness (QED) is 0.487. The molecule has 0 saturated carbocycles. The molecule has 0 bridgehead atoms. The Morgan fingerprint density at radius 1 is 1.07 bits per heavy atom. The van der Waals surface area contributed by atoms with Gasteiger partial charge in [-0.15, -0.1) is 0 Å². The second kappa shape index (κ2) is 7.72. The van der Waals surface area contributed by atoms with E-state index in [-0.39, 0.29) is 5.41 Å². The van der Waals surface area contributed by atoms with Crippen molar-refractivity contribution in [1.29, 1.82) is 0 Å². The molecule has 0 fully saturated rings. The van der Waals surface area contributed by atoms with Crippen molar-refractivity contribution in [3.8, 4) is 0 Å². The molecule has 1 aliphatic carbocycles. The molecule has 27 heavy (non-hydrogen) atoms. The summed E-state index contributed by atoms with van der Waals surface area (Å²) in [5.41, 5.74) is 8.39. The maximum atomic E-state index is 2.37. The van der Waals surface area contributed by atoms with E-state index in [1.807, 2.05) is 0 Å². The monoisotopic (exact) mass is 356 g/mol. The first-order valence-electron chi connectivity index (χ1n) is 10.1. The van der Waals surface area contributed by atoms with Crippen LogP contribution >= 0.6 is 0 Å². The smallest absolute Gasteiger partial charge is 0.0101 e. The molecule has 0 heteroatoms. The van der Waals surface area contributed by atoms with Gasteiger partial charge in [0.05, 0.1) is 0 Å². The molecule has 0 aliphatic heterocycles. The third-order valence-electron chi connectivity index (χ3n) is 6.22. The molecule has 2 aromatic rings. The topological polar surface area (TPSA) is 0 Å². The lowest BCUT2D eigenvalue weighted by Gasteiger charge is -2.28. The molecule has 3 rings (SSSR count). The highest BCUT2D eigenvalue weighted by Gasteiger charge is 2.23. The second-order valence-electron chi connectivity index (χ2n) is 8.25. The van der Waals surface area contributed by atoms with Gasteiger partial charge >= 0.3 is 0 Å². The highest BCUT2D eigenvalue weighted by molar-refractivity contribution is 5.89. The molecule has 0 heterocycles. The number of rotatable bonds is 4. The van der Waals surface area contributed by atoms with Gasteiger partial charge < -0.3 is 0 Å². The largest absolute Gasteiger partial charge is 0.0804 e. The molecule has 0 nitrogen and oxygen atoms in total. The Kier molecular flexibility index (Phi) is 5.56. The first-order chi connectivity index (χ1) is 12.8. The van der Waals surface area contributed by atoms with Crippen molar-refractivity contribution in [2.45, 2.75) is 54.4 Å². The molecular weight excluding hydrogens is 324 g/mol. The fraction of sp³-hybridized carbons (Fsp3) is 0.333. The molecule has 0 saturated heterocycles. The van der Waals surface area contributed by atoms with E-state index in [0.29, 0.717) is 0 Å². The van der Waals surface area contributed by atoms with E-state index in [0.717, 1.165) is 12.8 Å². The number of benzene rings is 2. The summed E-state index contributed by atoms with van der Waals surface area (Å²) in [5.74, 6) is 0. The molecule has 0 radical (unpaired) electrons. The SMILES string of the molecule is CCc1c(C)ccc2ccc(/C(C)=C/C=C(\C)C3(C)C=CC(C)=CC3)cc12. The van der Waals surface area contributed by atoms with Crippen molar-refractivity contribution in [3.05, 3.63) is 88.5 Å². The van der Waals surface area contributed by atoms with E-state index < -0.39 is 0 Å². The molecular formula is C27H32. The molecule has 1 unspecified atom stereocenters. The van der Waals surface area contributed by atoms with Crippen LogP contribution in [0.2, 0.25) is 0 Å². The van der Waals surface area contributed by atoms with Gasteiger partial charge in [0.25, 0.3) is 0 Å². The van der Waals surface area contributed by atoms with Gasteiger partial charge in [0.15, 0.2) is 0 Å². The third kappa shape index (κ3) is 4.00. The molecule has 0 amide bonds. The maximum Gasteiger partial charge on any atom is 0.0101 e. The number of aryl methyl sites for hydroxylation is 2. The lowest BCUT2D eigenvalue weighted by Crippen LogP contribution is -2.16.